The van der Waals surface area contributed by atoms with Crippen molar-refractivity contribution >= 4 is 15.8 Å². The number of rotatable bonds is 7. The highest BCUT2D eigenvalue weighted by Gasteiger charge is 2.19. The number of sulfonamides is 1. The van der Waals surface area contributed by atoms with E-state index in [0.29, 0.717) is 4.90 Å². The van der Waals surface area contributed by atoms with Crippen LogP contribution in [0.5, 0.6) is 0 Å². The van der Waals surface area contributed by atoms with Crippen LogP contribution in [0.1, 0.15) is 36.1 Å². The van der Waals surface area contributed by atoms with Gasteiger partial charge in [0.25, 0.3) is 0 Å². The first kappa shape index (κ1) is 19.4. The van der Waals surface area contributed by atoms with Crippen molar-refractivity contribution in [1.82, 2.24) is 9.71 Å². The van der Waals surface area contributed by atoms with Crippen molar-refractivity contribution in [3.05, 3.63) is 52.7 Å². The van der Waals surface area contributed by atoms with Gasteiger partial charge in [-0.1, -0.05) is 23.8 Å². The van der Waals surface area contributed by atoms with Crippen molar-refractivity contribution in [2.24, 2.45) is 0 Å². The fraction of sp³-hybridized carbons (Fsp3) is 0.421. The van der Waals surface area contributed by atoms with E-state index in [1.165, 1.54) is 0 Å². The van der Waals surface area contributed by atoms with Crippen molar-refractivity contribution in [2.45, 2.75) is 46.1 Å². The zero-order valence-electron chi connectivity index (χ0n) is 15.6. The first-order valence-corrected chi connectivity index (χ1v) is 10.0. The predicted molar refractivity (Wildman–Crippen MR) is 102 cm³/mol. The number of aromatic nitrogens is 1. The minimum Gasteiger partial charge on any atom is -0.357 e. The summed E-state index contributed by atoms with van der Waals surface area (Å²) in [6.07, 6.45) is 1.73. The van der Waals surface area contributed by atoms with Crippen LogP contribution in [0.2, 0.25) is 0 Å². The highest BCUT2D eigenvalue weighted by molar-refractivity contribution is 7.89. The highest BCUT2D eigenvalue weighted by atomic mass is 32.2. The Morgan fingerprint density at radius 2 is 1.64 bits per heavy atom. The fourth-order valence-corrected chi connectivity index (χ4v) is 4.56. The number of hydrogen-bond acceptors (Lipinski definition) is 4. The van der Waals surface area contributed by atoms with Crippen molar-refractivity contribution in [3.63, 3.8) is 0 Å². The normalized spacial score (nSPS) is 11.6. The van der Waals surface area contributed by atoms with Gasteiger partial charge in [0, 0.05) is 25.8 Å². The largest absolute Gasteiger partial charge is 0.357 e. The Balaban J connectivity index is 2.15. The van der Waals surface area contributed by atoms with E-state index >= 15 is 0 Å². The van der Waals surface area contributed by atoms with E-state index in [1.807, 2.05) is 45.0 Å². The van der Waals surface area contributed by atoms with Crippen molar-refractivity contribution in [2.75, 3.05) is 18.0 Å². The van der Waals surface area contributed by atoms with Crippen LogP contribution in [0, 0.1) is 20.8 Å². The van der Waals surface area contributed by atoms with Crippen LogP contribution >= 0.6 is 0 Å². The molecule has 0 aliphatic rings. The van der Waals surface area contributed by atoms with Crippen LogP contribution < -0.4 is 9.62 Å². The Morgan fingerprint density at radius 3 is 2.12 bits per heavy atom. The van der Waals surface area contributed by atoms with Crippen molar-refractivity contribution < 1.29 is 8.42 Å². The molecule has 1 heterocycles. The molecule has 0 bridgehead atoms. The molecule has 1 aromatic carbocycles. The molecule has 5 nitrogen and oxygen atoms in total. The molecule has 1 N–H and O–H groups in total. The predicted octanol–water partition coefficient (Wildman–Crippen LogP) is 3.33. The number of anilines is 1. The standard InChI is InChI=1S/C19H27N3O2S/c1-6-22(7-2)18-9-8-17(12-20-18)13-21-25(23,24)19-15(4)10-14(3)11-16(19)5/h8-12,21H,6-7,13H2,1-5H3. The maximum Gasteiger partial charge on any atom is 0.241 e. The van der Waals surface area contributed by atoms with Gasteiger partial charge in [0.05, 0.1) is 4.90 Å². The van der Waals surface area contributed by atoms with Gasteiger partial charge in [-0.2, -0.15) is 0 Å². The molecule has 0 unspecified atom stereocenters. The van der Waals surface area contributed by atoms with Gasteiger partial charge >= 0.3 is 0 Å². The maximum absolute atomic E-state index is 12.7. The van der Waals surface area contributed by atoms with E-state index in [-0.39, 0.29) is 6.54 Å². The van der Waals surface area contributed by atoms with Gasteiger partial charge in [0.15, 0.2) is 0 Å². The molecule has 25 heavy (non-hydrogen) atoms. The molecule has 1 aromatic heterocycles. The lowest BCUT2D eigenvalue weighted by Crippen LogP contribution is -2.25. The van der Waals surface area contributed by atoms with Crippen LogP contribution in [0.4, 0.5) is 5.82 Å². The van der Waals surface area contributed by atoms with E-state index in [0.717, 1.165) is 41.2 Å². The average Bonchev–Trinajstić information content (AvgIpc) is 2.54. The van der Waals surface area contributed by atoms with Crippen molar-refractivity contribution in [1.29, 1.82) is 0 Å². The summed E-state index contributed by atoms with van der Waals surface area (Å²) in [7, 11) is -3.56. The molecule has 0 aliphatic carbocycles. The zero-order valence-corrected chi connectivity index (χ0v) is 16.4. The first-order chi connectivity index (χ1) is 11.8. The van der Waals surface area contributed by atoms with Gasteiger partial charge in [-0.25, -0.2) is 18.1 Å². The Kier molecular flexibility index (Phi) is 6.19. The molecule has 136 valence electrons. The van der Waals surface area contributed by atoms with Crippen LogP contribution in [0.25, 0.3) is 0 Å². The number of benzene rings is 1. The lowest BCUT2D eigenvalue weighted by Gasteiger charge is -2.19. The van der Waals surface area contributed by atoms with Crippen molar-refractivity contribution in [3.8, 4) is 0 Å². The van der Waals surface area contributed by atoms with E-state index in [4.69, 9.17) is 0 Å². The molecule has 0 saturated heterocycles. The molecule has 0 fully saturated rings. The SMILES string of the molecule is CCN(CC)c1ccc(CNS(=O)(=O)c2c(C)cc(C)cc2C)cn1. The number of nitrogens with one attached hydrogen (secondary N) is 1. The second-order valence-electron chi connectivity index (χ2n) is 6.25. The molecule has 6 heteroatoms. The third-order valence-corrected chi connectivity index (χ3v) is 5.94. The third-order valence-electron chi connectivity index (χ3n) is 4.24. The van der Waals surface area contributed by atoms with Gasteiger partial charge in [-0.3, -0.25) is 0 Å². The summed E-state index contributed by atoms with van der Waals surface area (Å²) in [4.78, 5) is 6.94. The van der Waals surface area contributed by atoms with E-state index in [2.05, 4.69) is 28.5 Å². The molecule has 0 aliphatic heterocycles. The summed E-state index contributed by atoms with van der Waals surface area (Å²) in [5.41, 5.74) is 3.42. The number of hydrogen-bond donors (Lipinski definition) is 1. The molecule has 0 saturated carbocycles. The van der Waals surface area contributed by atoms with Crippen LogP contribution in [0.3, 0.4) is 0 Å². The number of pyridine rings is 1. The third kappa shape index (κ3) is 4.58. The van der Waals surface area contributed by atoms with Crippen LogP contribution in [-0.2, 0) is 16.6 Å². The van der Waals surface area contributed by atoms with Gasteiger partial charge in [0.2, 0.25) is 10.0 Å². The fourth-order valence-electron chi connectivity index (χ4n) is 3.10. The lowest BCUT2D eigenvalue weighted by atomic mass is 10.1. The maximum atomic E-state index is 12.7. The summed E-state index contributed by atoms with van der Waals surface area (Å²) in [6, 6.07) is 7.63. The smallest absolute Gasteiger partial charge is 0.241 e. The Bertz CT molecular complexity index is 803. The lowest BCUT2D eigenvalue weighted by molar-refractivity contribution is 0.580. The quantitative estimate of drug-likeness (QED) is 0.822. The summed E-state index contributed by atoms with van der Waals surface area (Å²) in [5, 5.41) is 0. The number of nitrogens with zero attached hydrogens (tertiary/aromatic N) is 2. The second kappa shape index (κ2) is 7.97. The van der Waals surface area contributed by atoms with E-state index in [1.54, 1.807) is 6.20 Å². The molecule has 0 atom stereocenters. The minimum absolute atomic E-state index is 0.223. The highest BCUT2D eigenvalue weighted by Crippen LogP contribution is 2.22. The zero-order chi connectivity index (χ0) is 18.6. The van der Waals surface area contributed by atoms with E-state index < -0.39 is 10.0 Å². The summed E-state index contributed by atoms with van der Waals surface area (Å²) >= 11 is 0. The van der Waals surface area contributed by atoms with Gasteiger partial charge < -0.3 is 4.90 Å². The monoisotopic (exact) mass is 361 g/mol. The summed E-state index contributed by atoms with van der Waals surface area (Å²) in [6.45, 7) is 11.8. The summed E-state index contributed by atoms with van der Waals surface area (Å²) < 4.78 is 28.1. The van der Waals surface area contributed by atoms with Gasteiger partial charge in [-0.05, 0) is 57.4 Å². The minimum atomic E-state index is -3.56. The summed E-state index contributed by atoms with van der Waals surface area (Å²) in [5.74, 6) is 0.904. The molecule has 0 amide bonds. The number of aryl methyl sites for hydroxylation is 3. The topological polar surface area (TPSA) is 62.3 Å². The Labute approximate surface area is 151 Å². The molecular formula is C19H27N3O2S. The molecule has 0 spiro atoms. The Hall–Kier alpha value is -1.92. The van der Waals surface area contributed by atoms with Gasteiger partial charge in [0.1, 0.15) is 5.82 Å². The molecule has 0 radical (unpaired) electrons. The Morgan fingerprint density at radius 1 is 1.04 bits per heavy atom. The molecular weight excluding hydrogens is 334 g/mol. The van der Waals surface area contributed by atoms with E-state index in [9.17, 15) is 8.42 Å². The van der Waals surface area contributed by atoms with Gasteiger partial charge in [-0.15, -0.1) is 0 Å². The molecule has 2 rings (SSSR count). The second-order valence-corrected chi connectivity index (χ2v) is 7.95. The first-order valence-electron chi connectivity index (χ1n) is 8.55. The van der Waals surface area contributed by atoms with Crippen LogP contribution in [0.15, 0.2) is 35.4 Å². The van der Waals surface area contributed by atoms with Crippen LogP contribution in [-0.4, -0.2) is 26.5 Å². The average molecular weight is 362 g/mol. The molecule has 2 aromatic rings.